The fourth-order valence-electron chi connectivity index (χ4n) is 3.61. The Bertz CT molecular complexity index is 1400. The molecular formula is C24H22ClN5O2S. The van der Waals surface area contributed by atoms with Crippen LogP contribution in [0.4, 0.5) is 0 Å². The van der Waals surface area contributed by atoms with E-state index in [1.165, 1.54) is 0 Å². The molecule has 2 aromatic carbocycles. The third-order valence-corrected chi connectivity index (χ3v) is 5.78. The van der Waals surface area contributed by atoms with Gasteiger partial charge in [0.1, 0.15) is 0 Å². The van der Waals surface area contributed by atoms with Crippen LogP contribution >= 0.6 is 23.8 Å². The fraction of sp³-hybridized carbons (Fsp3) is 0.167. The van der Waals surface area contributed by atoms with E-state index in [-0.39, 0.29) is 5.97 Å². The highest BCUT2D eigenvalue weighted by atomic mass is 35.5. The number of aromatic amines is 1. The van der Waals surface area contributed by atoms with Crippen molar-refractivity contribution in [3.63, 3.8) is 0 Å². The summed E-state index contributed by atoms with van der Waals surface area (Å²) in [6, 6.07) is 16.8. The van der Waals surface area contributed by atoms with Crippen molar-refractivity contribution in [3.05, 3.63) is 86.9 Å². The van der Waals surface area contributed by atoms with Gasteiger partial charge in [-0.15, -0.1) is 0 Å². The molecule has 0 aliphatic rings. The van der Waals surface area contributed by atoms with E-state index >= 15 is 0 Å². The predicted molar refractivity (Wildman–Crippen MR) is 132 cm³/mol. The molecule has 2 heterocycles. The van der Waals surface area contributed by atoms with E-state index < -0.39 is 0 Å². The topological polar surface area (TPSA) is 77.2 Å². The Morgan fingerprint density at radius 3 is 2.64 bits per heavy atom. The molecule has 0 radical (unpaired) electrons. The van der Waals surface area contributed by atoms with Crippen molar-refractivity contribution in [2.24, 2.45) is 5.10 Å². The predicted octanol–water partition coefficient (Wildman–Crippen LogP) is 5.73. The van der Waals surface area contributed by atoms with Gasteiger partial charge in [0.25, 0.3) is 0 Å². The molecule has 2 aromatic heterocycles. The summed E-state index contributed by atoms with van der Waals surface area (Å²) in [5.74, 6) is 0.203. The average molecular weight is 480 g/mol. The summed E-state index contributed by atoms with van der Waals surface area (Å²) in [4.78, 5) is 11.9. The quantitative estimate of drug-likeness (QED) is 0.218. The summed E-state index contributed by atoms with van der Waals surface area (Å²) in [7, 11) is 0. The van der Waals surface area contributed by atoms with Crippen LogP contribution in [-0.2, 0) is 4.74 Å². The van der Waals surface area contributed by atoms with E-state index in [9.17, 15) is 4.79 Å². The molecular weight excluding hydrogens is 458 g/mol. The van der Waals surface area contributed by atoms with E-state index in [2.05, 4.69) is 19.9 Å². The standard InChI is InChI=1S/C24H22ClN5O2S/c1-4-32-23(31)17-9-11-19(12-10-17)29-15(2)13-18(16(29)3)14-26-30-22(27-28-24(30)33)20-7-5-6-8-21(20)25/h5-14H,4H2,1-3H3,(H,28,33). The van der Waals surface area contributed by atoms with Crippen LogP contribution in [0.15, 0.2) is 59.7 Å². The van der Waals surface area contributed by atoms with Gasteiger partial charge in [-0.3, -0.25) is 0 Å². The monoisotopic (exact) mass is 479 g/mol. The highest BCUT2D eigenvalue weighted by molar-refractivity contribution is 7.71. The molecule has 9 heteroatoms. The number of ether oxygens (including phenoxy) is 1. The molecule has 0 atom stereocenters. The van der Waals surface area contributed by atoms with E-state index in [4.69, 9.17) is 28.6 Å². The molecule has 0 saturated heterocycles. The Balaban J connectivity index is 1.67. The van der Waals surface area contributed by atoms with Gasteiger partial charge in [-0.1, -0.05) is 23.7 Å². The minimum Gasteiger partial charge on any atom is -0.462 e. The van der Waals surface area contributed by atoms with Crippen LogP contribution in [0.2, 0.25) is 5.02 Å². The number of aromatic nitrogens is 4. The van der Waals surface area contributed by atoms with E-state index in [1.54, 1.807) is 36.0 Å². The molecule has 33 heavy (non-hydrogen) atoms. The van der Waals surface area contributed by atoms with Crippen molar-refractivity contribution < 1.29 is 9.53 Å². The summed E-state index contributed by atoms with van der Waals surface area (Å²) in [5, 5.41) is 12.2. The van der Waals surface area contributed by atoms with E-state index in [0.717, 1.165) is 28.2 Å². The van der Waals surface area contributed by atoms with E-state index in [1.807, 2.05) is 50.2 Å². The number of carbonyl (C=O) groups excluding carboxylic acids is 1. The van der Waals surface area contributed by atoms with Gasteiger partial charge in [0.15, 0.2) is 5.82 Å². The number of carbonyl (C=O) groups is 1. The number of nitrogens with one attached hydrogen (secondary N) is 1. The second-order valence-electron chi connectivity index (χ2n) is 7.32. The lowest BCUT2D eigenvalue weighted by Gasteiger charge is -2.10. The summed E-state index contributed by atoms with van der Waals surface area (Å²) < 4.78 is 9.08. The lowest BCUT2D eigenvalue weighted by atomic mass is 10.2. The average Bonchev–Trinajstić information content (AvgIpc) is 3.31. The minimum atomic E-state index is -0.330. The minimum absolute atomic E-state index is 0.330. The molecule has 0 unspecified atom stereocenters. The number of halogens is 1. The van der Waals surface area contributed by atoms with Crippen LogP contribution in [0.1, 0.15) is 34.2 Å². The number of hydrogen-bond acceptors (Lipinski definition) is 5. The van der Waals surface area contributed by atoms with Crippen LogP contribution in [0.3, 0.4) is 0 Å². The summed E-state index contributed by atoms with van der Waals surface area (Å²) in [6.07, 6.45) is 1.75. The van der Waals surface area contributed by atoms with Crippen LogP contribution < -0.4 is 0 Å². The first kappa shape index (κ1) is 22.7. The second kappa shape index (κ2) is 9.56. The lowest BCUT2D eigenvalue weighted by molar-refractivity contribution is 0.0526. The van der Waals surface area contributed by atoms with Gasteiger partial charge >= 0.3 is 5.97 Å². The number of hydrogen-bond donors (Lipinski definition) is 1. The number of rotatable bonds is 6. The molecule has 168 valence electrons. The number of benzene rings is 2. The van der Waals surface area contributed by atoms with Gasteiger partial charge in [0, 0.05) is 28.2 Å². The lowest BCUT2D eigenvalue weighted by Crippen LogP contribution is -2.05. The molecule has 0 aliphatic heterocycles. The maximum atomic E-state index is 11.9. The highest BCUT2D eigenvalue weighted by Crippen LogP contribution is 2.26. The van der Waals surface area contributed by atoms with Gasteiger partial charge < -0.3 is 9.30 Å². The first-order valence-corrected chi connectivity index (χ1v) is 11.1. The SMILES string of the molecule is CCOC(=O)c1ccc(-n2c(C)cc(C=Nn3c(-c4ccccc4Cl)n[nH]c3=S)c2C)cc1. The summed E-state index contributed by atoms with van der Waals surface area (Å²) in [5.41, 5.74) is 5.14. The zero-order valence-corrected chi connectivity index (χ0v) is 19.9. The Labute approximate surface area is 201 Å². The molecule has 0 saturated carbocycles. The summed E-state index contributed by atoms with van der Waals surface area (Å²) in [6.45, 7) is 6.16. The van der Waals surface area contributed by atoms with Crippen molar-refractivity contribution in [1.29, 1.82) is 0 Å². The van der Waals surface area contributed by atoms with Crippen LogP contribution in [0, 0.1) is 18.6 Å². The smallest absolute Gasteiger partial charge is 0.338 e. The van der Waals surface area contributed by atoms with Crippen LogP contribution in [-0.4, -0.2) is 38.2 Å². The van der Waals surface area contributed by atoms with E-state index in [0.29, 0.717) is 27.8 Å². The van der Waals surface area contributed by atoms with Crippen molar-refractivity contribution in [1.82, 2.24) is 19.4 Å². The molecule has 7 nitrogen and oxygen atoms in total. The van der Waals surface area contributed by atoms with Gasteiger partial charge in [-0.05, 0) is 75.5 Å². The van der Waals surface area contributed by atoms with Crippen molar-refractivity contribution >= 4 is 36.0 Å². The summed E-state index contributed by atoms with van der Waals surface area (Å²) >= 11 is 11.7. The molecule has 0 spiro atoms. The molecule has 0 fully saturated rings. The van der Waals surface area contributed by atoms with Crippen LogP contribution in [0.25, 0.3) is 17.1 Å². The zero-order chi connectivity index (χ0) is 23.5. The molecule has 0 amide bonds. The molecule has 4 aromatic rings. The maximum Gasteiger partial charge on any atom is 0.338 e. The Morgan fingerprint density at radius 1 is 1.21 bits per heavy atom. The number of aryl methyl sites for hydroxylation is 1. The zero-order valence-electron chi connectivity index (χ0n) is 18.4. The molecule has 1 N–H and O–H groups in total. The molecule has 0 aliphatic carbocycles. The Morgan fingerprint density at radius 2 is 1.94 bits per heavy atom. The van der Waals surface area contributed by atoms with Gasteiger partial charge in [-0.25, -0.2) is 9.89 Å². The van der Waals surface area contributed by atoms with Gasteiger partial charge in [0.05, 0.1) is 23.4 Å². The third-order valence-electron chi connectivity index (χ3n) is 5.18. The first-order chi connectivity index (χ1) is 15.9. The number of nitrogens with zero attached hydrogens (tertiary/aromatic N) is 4. The van der Waals surface area contributed by atoms with Gasteiger partial charge in [0.2, 0.25) is 4.77 Å². The van der Waals surface area contributed by atoms with Crippen molar-refractivity contribution in [2.75, 3.05) is 6.61 Å². The Kier molecular flexibility index (Phi) is 6.57. The number of esters is 1. The first-order valence-electron chi connectivity index (χ1n) is 10.3. The van der Waals surface area contributed by atoms with Crippen LogP contribution in [0.5, 0.6) is 0 Å². The van der Waals surface area contributed by atoms with Crippen molar-refractivity contribution in [3.8, 4) is 17.1 Å². The molecule has 0 bridgehead atoms. The highest BCUT2D eigenvalue weighted by Gasteiger charge is 2.14. The largest absolute Gasteiger partial charge is 0.462 e. The molecule has 4 rings (SSSR count). The number of H-pyrrole nitrogens is 1. The maximum absolute atomic E-state index is 11.9. The van der Waals surface area contributed by atoms with Gasteiger partial charge in [-0.2, -0.15) is 14.9 Å². The second-order valence-corrected chi connectivity index (χ2v) is 8.11. The van der Waals surface area contributed by atoms with Crippen molar-refractivity contribution in [2.45, 2.75) is 20.8 Å². The third kappa shape index (κ3) is 4.53. The Hall–Kier alpha value is -3.49. The normalized spacial score (nSPS) is 11.3. The fourth-order valence-corrected chi connectivity index (χ4v) is 4.01.